The largest absolute Gasteiger partial charge is 0.350 e. The van der Waals surface area contributed by atoms with Gasteiger partial charge in [0.15, 0.2) is 0 Å². The molecule has 2 bridgehead atoms. The Bertz CT molecular complexity index is 365. The van der Waals surface area contributed by atoms with E-state index in [1.807, 2.05) is 20.8 Å². The van der Waals surface area contributed by atoms with Gasteiger partial charge in [0.2, 0.25) is 5.91 Å². The molecule has 0 heterocycles. The zero-order chi connectivity index (χ0) is 14.5. The van der Waals surface area contributed by atoms with Crippen LogP contribution in [0.15, 0.2) is 0 Å². The van der Waals surface area contributed by atoms with Crippen molar-refractivity contribution in [3.05, 3.63) is 0 Å². The van der Waals surface area contributed by atoms with Crippen LogP contribution in [0, 0.1) is 16.7 Å². The predicted molar refractivity (Wildman–Crippen MR) is 78.9 cm³/mol. The van der Waals surface area contributed by atoms with Crippen LogP contribution in [0.3, 0.4) is 0 Å². The molecule has 0 radical (unpaired) electrons. The van der Waals surface area contributed by atoms with E-state index in [1.54, 1.807) is 0 Å². The first-order chi connectivity index (χ1) is 8.55. The quantitative estimate of drug-likeness (QED) is 0.824. The van der Waals surface area contributed by atoms with Gasteiger partial charge in [0.05, 0.1) is 6.54 Å². The molecule has 2 aliphatic carbocycles. The third-order valence-electron chi connectivity index (χ3n) is 5.25. The molecule has 0 aliphatic heterocycles. The highest BCUT2D eigenvalue weighted by Crippen LogP contribution is 2.62. The maximum atomic E-state index is 12.0. The fourth-order valence-electron chi connectivity index (χ4n) is 4.47. The van der Waals surface area contributed by atoms with Crippen molar-refractivity contribution in [2.45, 2.75) is 72.4 Å². The second-order valence-electron chi connectivity index (χ2n) is 8.53. The van der Waals surface area contributed by atoms with Gasteiger partial charge >= 0.3 is 0 Å². The van der Waals surface area contributed by atoms with Crippen LogP contribution in [0.2, 0.25) is 0 Å². The third kappa shape index (κ3) is 2.81. The summed E-state index contributed by atoms with van der Waals surface area (Å²) in [4.78, 5) is 12.0. The average Bonchev–Trinajstić information content (AvgIpc) is 2.65. The van der Waals surface area contributed by atoms with E-state index >= 15 is 0 Å². The van der Waals surface area contributed by atoms with Crippen LogP contribution in [0.1, 0.15) is 60.8 Å². The lowest BCUT2D eigenvalue weighted by atomic mass is 9.68. The fraction of sp³-hybridized carbons (Fsp3) is 0.938. The van der Waals surface area contributed by atoms with E-state index in [-0.39, 0.29) is 11.4 Å². The molecule has 0 saturated heterocycles. The van der Waals surface area contributed by atoms with E-state index in [0.29, 0.717) is 23.4 Å². The number of rotatable bonds is 3. The van der Waals surface area contributed by atoms with Crippen molar-refractivity contribution in [2.75, 3.05) is 6.54 Å². The second-order valence-corrected chi connectivity index (χ2v) is 8.53. The highest BCUT2D eigenvalue weighted by Gasteiger charge is 2.58. The Hall–Kier alpha value is -0.570. The van der Waals surface area contributed by atoms with Gasteiger partial charge in [0, 0.05) is 11.6 Å². The number of fused-ring (bicyclic) bond motifs is 2. The molecule has 2 aliphatic rings. The minimum absolute atomic E-state index is 0.106. The molecule has 2 rings (SSSR count). The van der Waals surface area contributed by atoms with Crippen LogP contribution in [0.5, 0.6) is 0 Å². The number of nitrogens with one attached hydrogen (secondary N) is 2. The van der Waals surface area contributed by atoms with Gasteiger partial charge in [-0.3, -0.25) is 4.79 Å². The molecule has 0 aromatic heterocycles. The summed E-state index contributed by atoms with van der Waals surface area (Å²) in [6, 6.07) is 0.462. The van der Waals surface area contributed by atoms with Crippen LogP contribution in [0.4, 0.5) is 0 Å². The van der Waals surface area contributed by atoms with E-state index in [0.717, 1.165) is 5.92 Å². The Morgan fingerprint density at radius 1 is 1.26 bits per heavy atom. The van der Waals surface area contributed by atoms with Crippen molar-refractivity contribution >= 4 is 5.91 Å². The minimum atomic E-state index is -0.146. The van der Waals surface area contributed by atoms with E-state index in [1.165, 1.54) is 19.3 Å². The number of carbonyl (C=O) groups is 1. The number of hydrogen-bond acceptors (Lipinski definition) is 2. The minimum Gasteiger partial charge on any atom is -0.350 e. The Morgan fingerprint density at radius 2 is 1.89 bits per heavy atom. The summed E-state index contributed by atoms with van der Waals surface area (Å²) in [5, 5.41) is 6.58. The fourth-order valence-corrected chi connectivity index (χ4v) is 4.47. The average molecular weight is 266 g/mol. The normalized spacial score (nSPS) is 36.5. The summed E-state index contributed by atoms with van der Waals surface area (Å²) < 4.78 is 0. The van der Waals surface area contributed by atoms with Crippen molar-refractivity contribution in [2.24, 2.45) is 16.7 Å². The van der Waals surface area contributed by atoms with Crippen LogP contribution in [-0.2, 0) is 4.79 Å². The summed E-state index contributed by atoms with van der Waals surface area (Å²) in [6.45, 7) is 13.6. The summed E-state index contributed by atoms with van der Waals surface area (Å²) in [5.74, 6) is 0.926. The molecule has 110 valence electrons. The first kappa shape index (κ1) is 14.8. The van der Waals surface area contributed by atoms with Crippen molar-refractivity contribution in [3.8, 4) is 0 Å². The molecule has 1 amide bonds. The standard InChI is InChI=1S/C16H30N2O/c1-14(2,3)18-12(19)10-17-13-15(4,5)11-7-8-16(13,6)9-11/h11,13,17H,7-10H2,1-6H3,(H,18,19). The topological polar surface area (TPSA) is 41.1 Å². The highest BCUT2D eigenvalue weighted by atomic mass is 16.2. The van der Waals surface area contributed by atoms with Crippen LogP contribution in [-0.4, -0.2) is 24.0 Å². The van der Waals surface area contributed by atoms with Gasteiger partial charge in [-0.1, -0.05) is 20.8 Å². The van der Waals surface area contributed by atoms with E-state index < -0.39 is 0 Å². The molecule has 0 aromatic rings. The number of hydrogen-bond donors (Lipinski definition) is 2. The van der Waals surface area contributed by atoms with Gasteiger partial charge in [-0.25, -0.2) is 0 Å². The smallest absolute Gasteiger partial charge is 0.234 e. The van der Waals surface area contributed by atoms with Crippen LogP contribution < -0.4 is 10.6 Å². The number of amides is 1. The van der Waals surface area contributed by atoms with E-state index in [9.17, 15) is 4.79 Å². The molecule has 2 fully saturated rings. The number of carbonyl (C=O) groups excluding carboxylic acids is 1. The van der Waals surface area contributed by atoms with Gasteiger partial charge in [-0.15, -0.1) is 0 Å². The van der Waals surface area contributed by atoms with Crippen molar-refractivity contribution in [1.82, 2.24) is 10.6 Å². The summed E-state index contributed by atoms with van der Waals surface area (Å²) >= 11 is 0. The summed E-state index contributed by atoms with van der Waals surface area (Å²) in [5.41, 5.74) is 0.554. The maximum Gasteiger partial charge on any atom is 0.234 e. The molecular formula is C16H30N2O. The molecule has 19 heavy (non-hydrogen) atoms. The predicted octanol–water partition coefficient (Wildman–Crippen LogP) is 2.71. The lowest BCUT2D eigenvalue weighted by Gasteiger charge is -2.43. The SMILES string of the molecule is CC(C)(C)NC(=O)CNC1C2(C)CCC(C2)C1(C)C. The van der Waals surface area contributed by atoms with Gasteiger partial charge in [-0.05, 0) is 56.8 Å². The summed E-state index contributed by atoms with van der Waals surface area (Å²) in [6.07, 6.45) is 3.98. The third-order valence-corrected chi connectivity index (χ3v) is 5.25. The Kier molecular flexibility index (Phi) is 3.49. The highest BCUT2D eigenvalue weighted by molar-refractivity contribution is 5.78. The van der Waals surface area contributed by atoms with Crippen LogP contribution >= 0.6 is 0 Å². The van der Waals surface area contributed by atoms with Gasteiger partial charge < -0.3 is 10.6 Å². The second kappa shape index (κ2) is 4.47. The van der Waals surface area contributed by atoms with Gasteiger partial charge in [-0.2, -0.15) is 0 Å². The molecule has 0 aromatic carbocycles. The van der Waals surface area contributed by atoms with Crippen molar-refractivity contribution < 1.29 is 4.79 Å². The lowest BCUT2D eigenvalue weighted by Crippen LogP contribution is -2.54. The van der Waals surface area contributed by atoms with Gasteiger partial charge in [0.1, 0.15) is 0 Å². The molecule has 2 N–H and O–H groups in total. The van der Waals surface area contributed by atoms with E-state index in [2.05, 4.69) is 31.4 Å². The zero-order valence-electron chi connectivity index (χ0n) is 13.4. The first-order valence-corrected chi connectivity index (χ1v) is 7.59. The van der Waals surface area contributed by atoms with Crippen molar-refractivity contribution in [3.63, 3.8) is 0 Å². The molecule has 2 saturated carbocycles. The molecule has 3 heteroatoms. The lowest BCUT2D eigenvalue weighted by molar-refractivity contribution is -0.122. The molecular weight excluding hydrogens is 236 g/mol. The van der Waals surface area contributed by atoms with Crippen LogP contribution in [0.25, 0.3) is 0 Å². The molecule has 3 nitrogen and oxygen atoms in total. The maximum absolute atomic E-state index is 12.0. The molecule has 0 spiro atoms. The summed E-state index contributed by atoms with van der Waals surface area (Å²) in [7, 11) is 0. The molecule has 3 atom stereocenters. The van der Waals surface area contributed by atoms with Gasteiger partial charge in [0.25, 0.3) is 0 Å². The Balaban J connectivity index is 1.94. The van der Waals surface area contributed by atoms with Crippen molar-refractivity contribution in [1.29, 1.82) is 0 Å². The van der Waals surface area contributed by atoms with E-state index in [4.69, 9.17) is 0 Å². The first-order valence-electron chi connectivity index (χ1n) is 7.59. The Morgan fingerprint density at radius 3 is 2.37 bits per heavy atom. The monoisotopic (exact) mass is 266 g/mol. The zero-order valence-corrected chi connectivity index (χ0v) is 13.4. The molecule has 3 unspecified atom stereocenters. The Labute approximate surface area is 117 Å².